The van der Waals surface area contributed by atoms with Gasteiger partial charge in [-0.1, -0.05) is 0 Å². The molecule has 1 aliphatic heterocycles. The molecule has 6 heteroatoms. The van der Waals surface area contributed by atoms with Crippen molar-refractivity contribution < 1.29 is 8.42 Å². The van der Waals surface area contributed by atoms with E-state index in [0.29, 0.717) is 19.3 Å². The molecule has 80 valence electrons. The molecule has 14 heavy (non-hydrogen) atoms. The number of rotatable bonds is 3. The van der Waals surface area contributed by atoms with Gasteiger partial charge in [-0.2, -0.15) is 5.26 Å². The van der Waals surface area contributed by atoms with Gasteiger partial charge in [-0.05, 0) is 32.4 Å². The summed E-state index contributed by atoms with van der Waals surface area (Å²) in [5, 5.41) is 17.1. The van der Waals surface area contributed by atoms with Crippen LogP contribution in [0, 0.1) is 16.7 Å². The number of nitrogens with zero attached hydrogens (tertiary/aromatic N) is 1. The summed E-state index contributed by atoms with van der Waals surface area (Å²) in [5.74, 6) is -0.0967. The highest BCUT2D eigenvalue weighted by Gasteiger charge is 2.32. The number of primary sulfonamides is 1. The van der Waals surface area contributed by atoms with Crippen LogP contribution in [0.5, 0.6) is 0 Å². The first-order valence-corrected chi connectivity index (χ1v) is 6.31. The second-order valence-corrected chi connectivity index (χ2v) is 5.49. The van der Waals surface area contributed by atoms with E-state index in [-0.39, 0.29) is 5.75 Å². The Balaban J connectivity index is 2.58. The number of nitrogens with one attached hydrogen (secondary N) is 1. The Kier molecular flexibility index (Phi) is 3.48. The normalized spacial score (nSPS) is 21.4. The Hall–Kier alpha value is -0.640. The Morgan fingerprint density at radius 2 is 2.00 bits per heavy atom. The van der Waals surface area contributed by atoms with Crippen LogP contribution in [0.25, 0.3) is 0 Å². The third kappa shape index (κ3) is 3.25. The fourth-order valence-electron chi connectivity index (χ4n) is 1.66. The third-order valence-corrected chi connectivity index (χ3v) is 3.44. The molecule has 5 nitrogen and oxygen atoms in total. The number of hydrogen-bond acceptors (Lipinski definition) is 4. The average Bonchev–Trinajstić information content (AvgIpc) is 2.15. The zero-order chi connectivity index (χ0) is 10.7. The number of sulfonamides is 1. The SMILES string of the molecule is N#CC1(CCS(N)(=O)=O)CCNCC1. The molecule has 1 fully saturated rings. The van der Waals surface area contributed by atoms with Gasteiger partial charge < -0.3 is 5.32 Å². The molecule has 0 atom stereocenters. The molecule has 1 heterocycles. The minimum Gasteiger partial charge on any atom is -0.317 e. The van der Waals surface area contributed by atoms with Crippen LogP contribution >= 0.6 is 0 Å². The minimum atomic E-state index is -3.44. The lowest BCUT2D eigenvalue weighted by Crippen LogP contribution is -2.37. The summed E-state index contributed by atoms with van der Waals surface area (Å²) in [6.07, 6.45) is 1.77. The van der Waals surface area contributed by atoms with E-state index >= 15 is 0 Å². The highest BCUT2D eigenvalue weighted by atomic mass is 32.2. The van der Waals surface area contributed by atoms with E-state index in [2.05, 4.69) is 11.4 Å². The third-order valence-electron chi connectivity index (χ3n) is 2.66. The molecule has 0 amide bonds. The van der Waals surface area contributed by atoms with Crippen molar-refractivity contribution in [2.75, 3.05) is 18.8 Å². The van der Waals surface area contributed by atoms with Crippen molar-refractivity contribution in [2.45, 2.75) is 19.3 Å². The van der Waals surface area contributed by atoms with Gasteiger partial charge >= 0.3 is 0 Å². The first-order chi connectivity index (χ1) is 6.47. The summed E-state index contributed by atoms with van der Waals surface area (Å²) >= 11 is 0. The lowest BCUT2D eigenvalue weighted by Gasteiger charge is -2.30. The molecule has 0 spiro atoms. The molecule has 0 radical (unpaired) electrons. The zero-order valence-electron chi connectivity index (χ0n) is 7.99. The van der Waals surface area contributed by atoms with E-state index in [0.717, 1.165) is 13.1 Å². The van der Waals surface area contributed by atoms with Crippen LogP contribution in [-0.2, 0) is 10.0 Å². The van der Waals surface area contributed by atoms with E-state index < -0.39 is 15.4 Å². The van der Waals surface area contributed by atoms with E-state index in [1.54, 1.807) is 0 Å². The number of nitriles is 1. The predicted molar refractivity (Wildman–Crippen MR) is 52.7 cm³/mol. The first-order valence-electron chi connectivity index (χ1n) is 4.60. The summed E-state index contributed by atoms with van der Waals surface area (Å²) in [6.45, 7) is 1.55. The van der Waals surface area contributed by atoms with Crippen LogP contribution < -0.4 is 10.5 Å². The molecular formula is C8H15N3O2S. The van der Waals surface area contributed by atoms with Crippen molar-refractivity contribution in [1.29, 1.82) is 5.26 Å². The van der Waals surface area contributed by atoms with Crippen molar-refractivity contribution in [3.8, 4) is 6.07 Å². The fraction of sp³-hybridized carbons (Fsp3) is 0.875. The van der Waals surface area contributed by atoms with E-state index in [4.69, 9.17) is 10.4 Å². The van der Waals surface area contributed by atoms with Crippen molar-refractivity contribution in [3.05, 3.63) is 0 Å². The van der Waals surface area contributed by atoms with E-state index in [9.17, 15) is 8.42 Å². The van der Waals surface area contributed by atoms with Crippen molar-refractivity contribution in [3.63, 3.8) is 0 Å². The molecule has 0 saturated carbocycles. The first kappa shape index (κ1) is 11.4. The maximum atomic E-state index is 10.8. The summed E-state index contributed by atoms with van der Waals surface area (Å²) in [7, 11) is -3.44. The van der Waals surface area contributed by atoms with Crippen molar-refractivity contribution in [1.82, 2.24) is 5.32 Å². The highest BCUT2D eigenvalue weighted by Crippen LogP contribution is 2.31. The maximum Gasteiger partial charge on any atom is 0.209 e. The largest absolute Gasteiger partial charge is 0.317 e. The zero-order valence-corrected chi connectivity index (χ0v) is 8.81. The topological polar surface area (TPSA) is 96.0 Å². The molecule has 0 bridgehead atoms. The summed E-state index contributed by atoms with van der Waals surface area (Å²) in [4.78, 5) is 0. The molecule has 1 saturated heterocycles. The second-order valence-electron chi connectivity index (χ2n) is 3.76. The molecule has 0 aliphatic carbocycles. The van der Waals surface area contributed by atoms with E-state index in [1.165, 1.54) is 0 Å². The molecule has 0 unspecified atom stereocenters. The Labute approximate surface area is 84.3 Å². The molecule has 0 aromatic rings. The Bertz CT molecular complexity index is 325. The van der Waals surface area contributed by atoms with Gasteiger partial charge in [0.25, 0.3) is 0 Å². The monoisotopic (exact) mass is 217 g/mol. The van der Waals surface area contributed by atoms with Gasteiger partial charge in [0.1, 0.15) is 0 Å². The molecule has 0 aromatic heterocycles. The van der Waals surface area contributed by atoms with Gasteiger partial charge in [-0.25, -0.2) is 13.6 Å². The molecule has 0 aromatic carbocycles. The summed E-state index contributed by atoms with van der Waals surface area (Å²) in [6, 6.07) is 2.23. The van der Waals surface area contributed by atoms with Crippen LogP contribution in [0.15, 0.2) is 0 Å². The van der Waals surface area contributed by atoms with Crippen molar-refractivity contribution >= 4 is 10.0 Å². The maximum absolute atomic E-state index is 10.8. The molecule has 1 aliphatic rings. The van der Waals surface area contributed by atoms with Gasteiger partial charge in [0.05, 0.1) is 17.2 Å². The smallest absolute Gasteiger partial charge is 0.209 e. The van der Waals surface area contributed by atoms with Crippen LogP contribution in [-0.4, -0.2) is 27.3 Å². The molecule has 1 rings (SSSR count). The average molecular weight is 217 g/mol. The summed E-state index contributed by atoms with van der Waals surface area (Å²) < 4.78 is 21.6. The van der Waals surface area contributed by atoms with Gasteiger partial charge in [-0.15, -0.1) is 0 Å². The van der Waals surface area contributed by atoms with Crippen molar-refractivity contribution in [2.24, 2.45) is 10.6 Å². The molecule has 3 N–H and O–H groups in total. The van der Waals surface area contributed by atoms with Crippen LogP contribution in [0.3, 0.4) is 0 Å². The second kappa shape index (κ2) is 4.26. The Morgan fingerprint density at radius 1 is 1.43 bits per heavy atom. The van der Waals surface area contributed by atoms with E-state index in [1.807, 2.05) is 0 Å². The van der Waals surface area contributed by atoms with Gasteiger partial charge in [0.15, 0.2) is 0 Å². The van der Waals surface area contributed by atoms with Crippen LogP contribution in [0.1, 0.15) is 19.3 Å². The number of nitrogens with two attached hydrogens (primary N) is 1. The van der Waals surface area contributed by atoms with Gasteiger partial charge in [0, 0.05) is 0 Å². The summed E-state index contributed by atoms with van der Waals surface area (Å²) in [5.41, 5.74) is -0.488. The Morgan fingerprint density at radius 3 is 2.43 bits per heavy atom. The van der Waals surface area contributed by atoms with Crippen LogP contribution in [0.2, 0.25) is 0 Å². The fourth-order valence-corrected chi connectivity index (χ4v) is 2.34. The quantitative estimate of drug-likeness (QED) is 0.669. The lowest BCUT2D eigenvalue weighted by molar-refractivity contribution is 0.274. The standard InChI is InChI=1S/C8H15N3O2S/c9-7-8(1-4-11-5-2-8)3-6-14(10,12)13/h11H,1-6H2,(H2,10,12,13). The minimum absolute atomic E-state index is 0.0967. The lowest BCUT2D eigenvalue weighted by atomic mass is 9.78. The molecular weight excluding hydrogens is 202 g/mol. The van der Waals surface area contributed by atoms with Crippen LogP contribution in [0.4, 0.5) is 0 Å². The number of piperidine rings is 1. The predicted octanol–water partition coefficient (Wildman–Crippen LogP) is -0.442. The van der Waals surface area contributed by atoms with Gasteiger partial charge in [0.2, 0.25) is 10.0 Å². The highest BCUT2D eigenvalue weighted by molar-refractivity contribution is 7.89. The number of hydrogen-bond donors (Lipinski definition) is 2. The van der Waals surface area contributed by atoms with Gasteiger partial charge in [-0.3, -0.25) is 0 Å².